The van der Waals surface area contributed by atoms with Crippen molar-refractivity contribution in [3.8, 4) is 5.75 Å². The molecule has 2 aliphatic rings. The van der Waals surface area contributed by atoms with Crippen molar-refractivity contribution >= 4 is 26.5 Å². The first-order valence-corrected chi connectivity index (χ1v) is 13.0. The highest BCUT2D eigenvalue weighted by molar-refractivity contribution is 7.93. The molecule has 2 aliphatic heterocycles. The van der Waals surface area contributed by atoms with Gasteiger partial charge in [0.2, 0.25) is 0 Å². The molecule has 3 heterocycles. The zero-order valence-corrected chi connectivity index (χ0v) is 18.7. The number of ether oxygens (including phenoxy) is 1. The standard InChI is InChI=1S/C23H25N3O3S2/c27-31(28,25-23-24-12-15-30-23)18-9-10-19-21(11-14-29-22(19)16-18)26-13-5-4-8-20(26)17-6-2-1-3-7-17/h1-3,6-7,9-10,12,15-16,20-21H,4-5,8,11,13-14H2,(H,24,25)/t20-,21+/m0/s1. The van der Waals surface area contributed by atoms with Gasteiger partial charge in [-0.2, -0.15) is 0 Å². The summed E-state index contributed by atoms with van der Waals surface area (Å²) in [6.45, 7) is 1.62. The minimum absolute atomic E-state index is 0.195. The van der Waals surface area contributed by atoms with Gasteiger partial charge in [-0.3, -0.25) is 9.62 Å². The van der Waals surface area contributed by atoms with E-state index < -0.39 is 10.0 Å². The smallest absolute Gasteiger partial charge is 0.263 e. The van der Waals surface area contributed by atoms with E-state index >= 15 is 0 Å². The number of nitrogens with zero attached hydrogens (tertiary/aromatic N) is 2. The maximum Gasteiger partial charge on any atom is 0.263 e. The first-order valence-electron chi connectivity index (χ1n) is 10.6. The number of anilines is 1. The van der Waals surface area contributed by atoms with E-state index in [4.69, 9.17) is 4.74 Å². The summed E-state index contributed by atoms with van der Waals surface area (Å²) in [5.41, 5.74) is 2.42. The summed E-state index contributed by atoms with van der Waals surface area (Å²) in [5, 5.41) is 2.09. The Kier molecular flexibility index (Phi) is 5.69. The van der Waals surface area contributed by atoms with E-state index in [0.717, 1.165) is 24.9 Å². The largest absolute Gasteiger partial charge is 0.493 e. The van der Waals surface area contributed by atoms with Gasteiger partial charge in [0, 0.05) is 41.7 Å². The molecule has 0 unspecified atom stereocenters. The van der Waals surface area contributed by atoms with Crippen LogP contribution in [0.3, 0.4) is 0 Å². The van der Waals surface area contributed by atoms with Crippen LogP contribution in [0, 0.1) is 0 Å². The number of thiazole rings is 1. The summed E-state index contributed by atoms with van der Waals surface area (Å²) in [4.78, 5) is 6.80. The van der Waals surface area contributed by atoms with Crippen molar-refractivity contribution in [3.63, 3.8) is 0 Å². The van der Waals surface area contributed by atoms with Gasteiger partial charge in [0.25, 0.3) is 10.0 Å². The van der Waals surface area contributed by atoms with Crippen molar-refractivity contribution in [2.75, 3.05) is 17.9 Å². The maximum atomic E-state index is 12.8. The number of nitrogens with one attached hydrogen (secondary N) is 1. The Morgan fingerprint density at radius 3 is 2.74 bits per heavy atom. The molecule has 6 nitrogen and oxygen atoms in total. The predicted octanol–water partition coefficient (Wildman–Crippen LogP) is 4.99. The van der Waals surface area contributed by atoms with Crippen molar-refractivity contribution in [2.45, 2.75) is 42.7 Å². The Bertz CT molecular complexity index is 1130. The Morgan fingerprint density at radius 2 is 1.94 bits per heavy atom. The van der Waals surface area contributed by atoms with Crippen LogP contribution in [0.4, 0.5) is 5.13 Å². The number of likely N-dealkylation sites (tertiary alicyclic amines) is 1. The average Bonchev–Trinajstić information content (AvgIpc) is 3.31. The second kappa shape index (κ2) is 8.61. The molecule has 1 N–H and O–H groups in total. The van der Waals surface area contributed by atoms with Crippen LogP contribution >= 0.6 is 11.3 Å². The van der Waals surface area contributed by atoms with E-state index in [1.54, 1.807) is 23.7 Å². The molecule has 1 fully saturated rings. The molecule has 2 aromatic carbocycles. The van der Waals surface area contributed by atoms with Crippen LogP contribution in [0.25, 0.3) is 0 Å². The fourth-order valence-electron chi connectivity index (χ4n) is 4.67. The highest BCUT2D eigenvalue weighted by Crippen LogP contribution is 2.44. The molecule has 31 heavy (non-hydrogen) atoms. The fourth-order valence-corrected chi connectivity index (χ4v) is 6.47. The molecule has 5 rings (SSSR count). The summed E-state index contributed by atoms with van der Waals surface area (Å²) in [6, 6.07) is 16.5. The number of aromatic nitrogens is 1. The van der Waals surface area contributed by atoms with Crippen LogP contribution in [0.2, 0.25) is 0 Å². The molecule has 1 saturated heterocycles. The quantitative estimate of drug-likeness (QED) is 0.587. The first-order chi connectivity index (χ1) is 15.1. The van der Waals surface area contributed by atoms with Crippen molar-refractivity contribution in [1.82, 2.24) is 9.88 Å². The van der Waals surface area contributed by atoms with Crippen LogP contribution in [0.5, 0.6) is 5.75 Å². The molecule has 2 atom stereocenters. The van der Waals surface area contributed by atoms with Crippen molar-refractivity contribution < 1.29 is 13.2 Å². The van der Waals surface area contributed by atoms with E-state index in [2.05, 4.69) is 44.9 Å². The third-order valence-corrected chi connectivity index (χ3v) is 8.24. The highest BCUT2D eigenvalue weighted by atomic mass is 32.2. The topological polar surface area (TPSA) is 71.5 Å². The summed E-state index contributed by atoms with van der Waals surface area (Å²) in [7, 11) is -3.71. The van der Waals surface area contributed by atoms with Crippen molar-refractivity contribution in [2.24, 2.45) is 0 Å². The molecule has 0 spiro atoms. The van der Waals surface area contributed by atoms with E-state index in [-0.39, 0.29) is 10.9 Å². The van der Waals surface area contributed by atoms with Crippen molar-refractivity contribution in [1.29, 1.82) is 0 Å². The first kappa shape index (κ1) is 20.5. The summed E-state index contributed by atoms with van der Waals surface area (Å²) in [5.74, 6) is 0.663. The average molecular weight is 456 g/mol. The number of rotatable bonds is 5. The molecular weight excluding hydrogens is 430 g/mol. The molecule has 0 amide bonds. The third-order valence-electron chi connectivity index (χ3n) is 6.09. The number of benzene rings is 2. The van der Waals surface area contributed by atoms with Crippen LogP contribution < -0.4 is 9.46 Å². The van der Waals surface area contributed by atoms with E-state index in [0.29, 0.717) is 23.5 Å². The SMILES string of the molecule is O=S(=O)(Nc1nccs1)c1ccc2c(c1)OCC[C@H]2N1CCCC[C@H]1c1ccccc1. The number of fused-ring (bicyclic) bond motifs is 1. The number of piperidine rings is 1. The Morgan fingerprint density at radius 1 is 1.06 bits per heavy atom. The number of hydrogen-bond acceptors (Lipinski definition) is 6. The summed E-state index contributed by atoms with van der Waals surface area (Å²) in [6.07, 6.45) is 6.03. The summed E-state index contributed by atoms with van der Waals surface area (Å²) >= 11 is 1.25. The third kappa shape index (κ3) is 4.20. The lowest BCUT2D eigenvalue weighted by molar-refractivity contribution is 0.0668. The van der Waals surface area contributed by atoms with Crippen LogP contribution in [0.1, 0.15) is 48.9 Å². The van der Waals surface area contributed by atoms with Crippen LogP contribution in [-0.4, -0.2) is 31.5 Å². The Labute approximate surface area is 186 Å². The summed E-state index contributed by atoms with van der Waals surface area (Å²) < 4.78 is 34.1. The molecule has 0 bridgehead atoms. The number of sulfonamides is 1. The minimum Gasteiger partial charge on any atom is -0.493 e. The second-order valence-corrected chi connectivity index (χ2v) is 10.5. The highest BCUT2D eigenvalue weighted by Gasteiger charge is 2.34. The predicted molar refractivity (Wildman–Crippen MR) is 122 cm³/mol. The van der Waals surface area contributed by atoms with Gasteiger partial charge in [-0.05, 0) is 31.0 Å². The van der Waals surface area contributed by atoms with Gasteiger partial charge in [-0.25, -0.2) is 13.4 Å². The van der Waals surface area contributed by atoms with E-state index in [1.807, 2.05) is 6.07 Å². The van der Waals surface area contributed by atoms with Gasteiger partial charge >= 0.3 is 0 Å². The monoisotopic (exact) mass is 455 g/mol. The zero-order valence-electron chi connectivity index (χ0n) is 17.1. The maximum absolute atomic E-state index is 12.8. The van der Waals surface area contributed by atoms with Crippen LogP contribution in [-0.2, 0) is 10.0 Å². The Hall–Kier alpha value is -2.42. The molecular formula is C23H25N3O3S2. The number of hydrogen-bond donors (Lipinski definition) is 1. The van der Waals surface area contributed by atoms with Gasteiger partial charge in [-0.1, -0.05) is 42.8 Å². The lowest BCUT2D eigenvalue weighted by Gasteiger charge is -2.43. The van der Waals surface area contributed by atoms with Crippen LogP contribution in [0.15, 0.2) is 65.0 Å². The molecule has 162 valence electrons. The lowest BCUT2D eigenvalue weighted by Crippen LogP contribution is -2.38. The van der Waals surface area contributed by atoms with Gasteiger partial charge in [-0.15, -0.1) is 11.3 Å². The normalized spacial score (nSPS) is 21.8. The van der Waals surface area contributed by atoms with Gasteiger partial charge in [0.1, 0.15) is 5.75 Å². The lowest BCUT2D eigenvalue weighted by atomic mass is 9.90. The molecule has 0 saturated carbocycles. The molecule has 8 heteroatoms. The molecule has 3 aromatic rings. The molecule has 0 aliphatic carbocycles. The van der Waals surface area contributed by atoms with Gasteiger partial charge < -0.3 is 4.74 Å². The molecule has 0 radical (unpaired) electrons. The fraction of sp³-hybridized carbons (Fsp3) is 0.348. The zero-order chi connectivity index (χ0) is 21.3. The van der Waals surface area contributed by atoms with E-state index in [1.165, 1.54) is 29.7 Å². The minimum atomic E-state index is -3.71. The van der Waals surface area contributed by atoms with Crippen molar-refractivity contribution in [3.05, 3.63) is 71.2 Å². The van der Waals surface area contributed by atoms with Gasteiger partial charge in [0.15, 0.2) is 5.13 Å². The van der Waals surface area contributed by atoms with E-state index in [9.17, 15) is 8.42 Å². The van der Waals surface area contributed by atoms with Gasteiger partial charge in [0.05, 0.1) is 11.5 Å². The second-order valence-electron chi connectivity index (χ2n) is 7.96. The Balaban J connectivity index is 1.45. The molecule has 1 aromatic heterocycles.